The predicted octanol–water partition coefficient (Wildman–Crippen LogP) is 0.647. The minimum atomic E-state index is -0.650. The van der Waals surface area contributed by atoms with Crippen LogP contribution in [0.15, 0.2) is 11.6 Å². The van der Waals surface area contributed by atoms with Crippen LogP contribution < -0.4 is 5.32 Å². The Morgan fingerprint density at radius 2 is 1.94 bits per heavy atom. The van der Waals surface area contributed by atoms with Crippen molar-refractivity contribution < 1.29 is 19.1 Å². The van der Waals surface area contributed by atoms with E-state index >= 15 is 0 Å². The molecule has 0 aliphatic rings. The Morgan fingerprint density at radius 1 is 1.31 bits per heavy atom. The Balaban J connectivity index is 4.37. The molecule has 0 aromatic rings. The highest BCUT2D eigenvalue weighted by molar-refractivity contribution is 5.85. The molecule has 0 aliphatic heterocycles. The summed E-state index contributed by atoms with van der Waals surface area (Å²) >= 11 is 0. The molecule has 0 unspecified atom stereocenters. The van der Waals surface area contributed by atoms with Gasteiger partial charge < -0.3 is 14.8 Å². The van der Waals surface area contributed by atoms with Crippen molar-refractivity contribution >= 4 is 11.9 Å². The zero-order valence-electron chi connectivity index (χ0n) is 10.2. The first-order chi connectivity index (χ1) is 7.51. The number of hydrogen-bond donors (Lipinski definition) is 1. The minimum Gasteiger partial charge on any atom is -0.467 e. The molecule has 0 spiro atoms. The summed E-state index contributed by atoms with van der Waals surface area (Å²) in [5.41, 5.74) is 1.08. The lowest BCUT2D eigenvalue weighted by atomic mass is 10.1. The molecule has 1 N–H and O–H groups in total. The molecule has 92 valence electrons. The molecule has 0 fully saturated rings. The molecule has 0 heterocycles. The summed E-state index contributed by atoms with van der Waals surface area (Å²) in [7, 11) is 2.71. The second kappa shape index (κ2) is 7.87. The van der Waals surface area contributed by atoms with E-state index < -0.39 is 12.0 Å². The van der Waals surface area contributed by atoms with Gasteiger partial charge in [0.1, 0.15) is 12.6 Å². The Kier molecular flexibility index (Phi) is 7.20. The highest BCUT2D eigenvalue weighted by atomic mass is 16.5. The van der Waals surface area contributed by atoms with Crippen molar-refractivity contribution in [1.82, 2.24) is 5.32 Å². The number of carbonyl (C=O) groups is 2. The van der Waals surface area contributed by atoms with Crippen LogP contribution in [0.2, 0.25) is 0 Å². The number of esters is 1. The first-order valence-electron chi connectivity index (χ1n) is 5.00. The average Bonchev–Trinajstić information content (AvgIpc) is 2.23. The van der Waals surface area contributed by atoms with Crippen LogP contribution in [0, 0.1) is 0 Å². The molecule has 16 heavy (non-hydrogen) atoms. The van der Waals surface area contributed by atoms with Gasteiger partial charge in [-0.25, -0.2) is 4.79 Å². The first kappa shape index (κ1) is 14.6. The third kappa shape index (κ3) is 6.19. The van der Waals surface area contributed by atoms with Gasteiger partial charge in [0.05, 0.1) is 7.11 Å². The number of rotatable bonds is 6. The summed E-state index contributed by atoms with van der Waals surface area (Å²) in [6.45, 7) is 3.78. The molecule has 5 nitrogen and oxygen atoms in total. The fourth-order valence-corrected chi connectivity index (χ4v) is 1.08. The second-order valence-electron chi connectivity index (χ2n) is 3.59. The topological polar surface area (TPSA) is 64.6 Å². The van der Waals surface area contributed by atoms with Crippen molar-refractivity contribution in [1.29, 1.82) is 0 Å². The molecule has 5 heteroatoms. The molecule has 0 rings (SSSR count). The molecule has 0 saturated heterocycles. The quantitative estimate of drug-likeness (QED) is 0.536. The van der Waals surface area contributed by atoms with Gasteiger partial charge in [0.15, 0.2) is 0 Å². The Labute approximate surface area is 95.8 Å². The first-order valence-corrected chi connectivity index (χ1v) is 5.00. The smallest absolute Gasteiger partial charge is 0.328 e. The lowest BCUT2D eigenvalue weighted by Crippen LogP contribution is -2.42. The molecular formula is C11H19NO4. The standard InChI is InChI=1S/C11H19NO4/c1-8(2)5-6-9(11(14)16-4)12-10(13)7-15-3/h5,9H,6-7H2,1-4H3,(H,12,13)/t9-/m1/s1. The number of allylic oxidation sites excluding steroid dienone is 1. The summed E-state index contributed by atoms with van der Waals surface area (Å²) in [5, 5.41) is 2.54. The van der Waals surface area contributed by atoms with E-state index in [-0.39, 0.29) is 12.5 Å². The Bertz CT molecular complexity index is 269. The summed E-state index contributed by atoms with van der Waals surface area (Å²) in [4.78, 5) is 22.6. The van der Waals surface area contributed by atoms with Crippen molar-refractivity contribution in [3.05, 3.63) is 11.6 Å². The SMILES string of the molecule is COCC(=O)N[C@H](CC=C(C)C)C(=O)OC. The fourth-order valence-electron chi connectivity index (χ4n) is 1.08. The Morgan fingerprint density at radius 3 is 2.38 bits per heavy atom. The van der Waals surface area contributed by atoms with Crippen molar-refractivity contribution in [2.45, 2.75) is 26.3 Å². The molecule has 0 aromatic heterocycles. The maximum Gasteiger partial charge on any atom is 0.328 e. The molecule has 0 bridgehead atoms. The van der Waals surface area contributed by atoms with E-state index in [1.807, 2.05) is 19.9 Å². The maximum absolute atomic E-state index is 11.4. The van der Waals surface area contributed by atoms with Gasteiger partial charge in [-0.2, -0.15) is 0 Å². The van der Waals surface area contributed by atoms with Crippen molar-refractivity contribution in [2.75, 3.05) is 20.8 Å². The number of methoxy groups -OCH3 is 2. The van der Waals surface area contributed by atoms with Crippen LogP contribution in [-0.2, 0) is 19.1 Å². The van der Waals surface area contributed by atoms with Gasteiger partial charge in [-0.05, 0) is 20.3 Å². The molecule has 0 aliphatic carbocycles. The molecular weight excluding hydrogens is 210 g/mol. The molecule has 0 saturated carbocycles. The normalized spacial score (nSPS) is 11.5. The summed E-state index contributed by atoms with van der Waals surface area (Å²) < 4.78 is 9.26. The molecule has 1 amide bonds. The van der Waals surface area contributed by atoms with Gasteiger partial charge in [0.25, 0.3) is 0 Å². The number of hydrogen-bond acceptors (Lipinski definition) is 4. The fraction of sp³-hybridized carbons (Fsp3) is 0.636. The van der Waals surface area contributed by atoms with Crippen molar-refractivity contribution in [3.63, 3.8) is 0 Å². The van der Waals surface area contributed by atoms with Gasteiger partial charge >= 0.3 is 5.97 Å². The number of carbonyl (C=O) groups excluding carboxylic acids is 2. The highest BCUT2D eigenvalue weighted by Gasteiger charge is 2.19. The van der Waals surface area contributed by atoms with E-state index in [1.54, 1.807) is 0 Å². The zero-order chi connectivity index (χ0) is 12.6. The van der Waals surface area contributed by atoms with Crippen LogP contribution in [0.4, 0.5) is 0 Å². The van der Waals surface area contributed by atoms with Crippen molar-refractivity contribution in [2.24, 2.45) is 0 Å². The number of ether oxygens (including phenoxy) is 2. The predicted molar refractivity (Wildman–Crippen MR) is 59.9 cm³/mol. The summed E-state index contributed by atoms with van der Waals surface area (Å²) in [6.07, 6.45) is 2.29. The van der Waals surface area contributed by atoms with E-state index in [4.69, 9.17) is 0 Å². The third-order valence-electron chi connectivity index (χ3n) is 1.86. The van der Waals surface area contributed by atoms with Crippen LogP contribution in [0.1, 0.15) is 20.3 Å². The van der Waals surface area contributed by atoms with Gasteiger partial charge in [0.2, 0.25) is 5.91 Å². The monoisotopic (exact) mass is 229 g/mol. The molecule has 0 radical (unpaired) electrons. The summed E-state index contributed by atoms with van der Waals surface area (Å²) in [6, 6.07) is -0.650. The van der Waals surface area contributed by atoms with Crippen molar-refractivity contribution in [3.8, 4) is 0 Å². The van der Waals surface area contributed by atoms with Gasteiger partial charge in [-0.15, -0.1) is 0 Å². The largest absolute Gasteiger partial charge is 0.467 e. The van der Waals surface area contributed by atoms with Crippen LogP contribution >= 0.6 is 0 Å². The third-order valence-corrected chi connectivity index (χ3v) is 1.86. The number of amides is 1. The van der Waals surface area contributed by atoms with Crippen LogP contribution in [0.5, 0.6) is 0 Å². The van der Waals surface area contributed by atoms with Crippen LogP contribution in [0.3, 0.4) is 0 Å². The number of nitrogens with one attached hydrogen (secondary N) is 1. The zero-order valence-corrected chi connectivity index (χ0v) is 10.2. The van der Waals surface area contributed by atoms with E-state index in [1.165, 1.54) is 14.2 Å². The van der Waals surface area contributed by atoms with E-state index in [0.717, 1.165) is 5.57 Å². The maximum atomic E-state index is 11.4. The van der Waals surface area contributed by atoms with Gasteiger partial charge in [-0.1, -0.05) is 11.6 Å². The highest BCUT2D eigenvalue weighted by Crippen LogP contribution is 2.00. The van der Waals surface area contributed by atoms with Gasteiger partial charge in [0, 0.05) is 7.11 Å². The van der Waals surface area contributed by atoms with E-state index in [2.05, 4.69) is 14.8 Å². The molecule has 0 aromatic carbocycles. The minimum absolute atomic E-state index is 0.0671. The summed E-state index contributed by atoms with van der Waals surface area (Å²) in [5.74, 6) is -0.790. The Hall–Kier alpha value is -1.36. The lowest BCUT2D eigenvalue weighted by Gasteiger charge is -2.14. The van der Waals surface area contributed by atoms with E-state index in [9.17, 15) is 9.59 Å². The second-order valence-corrected chi connectivity index (χ2v) is 3.59. The van der Waals surface area contributed by atoms with Crippen LogP contribution in [-0.4, -0.2) is 38.7 Å². The van der Waals surface area contributed by atoms with Crippen LogP contribution in [0.25, 0.3) is 0 Å². The molecule has 1 atom stereocenters. The lowest BCUT2D eigenvalue weighted by molar-refractivity contribution is -0.145. The van der Waals surface area contributed by atoms with Gasteiger partial charge in [-0.3, -0.25) is 4.79 Å². The average molecular weight is 229 g/mol. The van der Waals surface area contributed by atoms with E-state index in [0.29, 0.717) is 6.42 Å².